The summed E-state index contributed by atoms with van der Waals surface area (Å²) in [6, 6.07) is 23.3. The number of likely N-dealkylation sites (N-methyl/N-ethyl adjacent to an activating group) is 1. The summed E-state index contributed by atoms with van der Waals surface area (Å²) in [7, 11) is 1.45. The topological polar surface area (TPSA) is 105 Å². The zero-order valence-corrected chi connectivity index (χ0v) is 24.9. The third-order valence-electron chi connectivity index (χ3n) is 7.61. The van der Waals surface area contributed by atoms with Gasteiger partial charge in [-0.25, -0.2) is 9.59 Å². The van der Waals surface area contributed by atoms with E-state index in [0.29, 0.717) is 0 Å². The Hall–Kier alpha value is -4.17. The summed E-state index contributed by atoms with van der Waals surface area (Å²) < 4.78 is 11.7. The fourth-order valence-electron chi connectivity index (χ4n) is 5.39. The summed E-state index contributed by atoms with van der Waals surface area (Å²) in [5.74, 6) is -1.82. The Bertz CT molecular complexity index is 1350. The molecule has 0 saturated carbocycles. The summed E-state index contributed by atoms with van der Waals surface area (Å²) in [6.07, 6.45) is -1.31. The molecule has 1 unspecified atom stereocenters. The maximum atomic E-state index is 13.8. The molecule has 4 rings (SSSR count). The number of nitrogens with one attached hydrogen (secondary N) is 1. The van der Waals surface area contributed by atoms with Crippen molar-refractivity contribution >= 4 is 18.0 Å². The van der Waals surface area contributed by atoms with E-state index in [9.17, 15) is 19.5 Å². The van der Waals surface area contributed by atoms with Crippen LogP contribution in [-0.2, 0) is 25.7 Å². The minimum atomic E-state index is -1.17. The van der Waals surface area contributed by atoms with Crippen LogP contribution in [0.2, 0.25) is 0 Å². The van der Waals surface area contributed by atoms with Gasteiger partial charge in [-0.15, -0.1) is 0 Å². The smallest absolute Gasteiger partial charge is 0.407 e. The Labute approximate surface area is 247 Å². The van der Waals surface area contributed by atoms with Crippen molar-refractivity contribution in [2.45, 2.75) is 64.8 Å². The van der Waals surface area contributed by atoms with Crippen molar-refractivity contribution in [3.8, 4) is 11.1 Å². The Balaban J connectivity index is 1.50. The van der Waals surface area contributed by atoms with Gasteiger partial charge in [0.1, 0.15) is 18.7 Å². The number of carboxylic acids is 1. The summed E-state index contributed by atoms with van der Waals surface area (Å²) in [5, 5.41) is 12.6. The van der Waals surface area contributed by atoms with Crippen LogP contribution in [0.5, 0.6) is 0 Å². The first-order valence-electron chi connectivity index (χ1n) is 14.2. The van der Waals surface area contributed by atoms with E-state index in [1.54, 1.807) is 6.92 Å². The molecular weight excluding hydrogens is 532 g/mol. The van der Waals surface area contributed by atoms with Crippen LogP contribution in [0.3, 0.4) is 0 Å². The van der Waals surface area contributed by atoms with Crippen LogP contribution in [0, 0.1) is 5.41 Å². The van der Waals surface area contributed by atoms with Gasteiger partial charge in [0.05, 0.1) is 12.7 Å². The molecule has 8 nitrogen and oxygen atoms in total. The first-order valence-corrected chi connectivity index (χ1v) is 14.2. The standard InChI is InChI=1S/C34H40N2O6/c1-22(41-20-23-13-7-6-8-14-23)30(31(37)36(5)29(32(38)39)19-34(2,3)4)35-33(40)42-21-28-26-17-11-9-15-24(26)25-16-10-12-18-27(25)28/h6-18,22,28-30H,19-21H2,1-5H3,(H,35,40)(H,38,39)/t22-,29?,30+/m0/s1. The van der Waals surface area contributed by atoms with E-state index >= 15 is 0 Å². The third-order valence-corrected chi connectivity index (χ3v) is 7.61. The van der Waals surface area contributed by atoms with Crippen molar-refractivity contribution in [2.24, 2.45) is 5.41 Å². The Morgan fingerprint density at radius 2 is 1.45 bits per heavy atom. The van der Waals surface area contributed by atoms with E-state index < -0.39 is 36.2 Å². The SMILES string of the molecule is C[C@H](OCc1ccccc1)[C@@H](NC(=O)OCC1c2ccccc2-c2ccccc21)C(=O)N(C)C(CC(C)(C)C)C(=O)O. The normalized spacial score (nSPS) is 14.7. The quantitative estimate of drug-likeness (QED) is 0.299. The predicted molar refractivity (Wildman–Crippen MR) is 161 cm³/mol. The Morgan fingerprint density at radius 3 is 2.00 bits per heavy atom. The van der Waals surface area contributed by atoms with E-state index in [1.165, 1.54) is 11.9 Å². The van der Waals surface area contributed by atoms with E-state index in [-0.39, 0.29) is 31.0 Å². The fraction of sp³-hybridized carbons (Fsp3) is 0.382. The number of carbonyl (C=O) groups excluding carboxylic acids is 2. The van der Waals surface area contributed by atoms with Crippen molar-refractivity contribution < 1.29 is 29.0 Å². The number of nitrogens with zero attached hydrogens (tertiary/aromatic N) is 1. The molecular formula is C34H40N2O6. The van der Waals surface area contributed by atoms with Gasteiger partial charge in [-0.05, 0) is 46.6 Å². The highest BCUT2D eigenvalue weighted by Crippen LogP contribution is 2.44. The molecule has 8 heteroatoms. The van der Waals surface area contributed by atoms with E-state index in [4.69, 9.17) is 9.47 Å². The molecule has 42 heavy (non-hydrogen) atoms. The molecule has 0 saturated heterocycles. The van der Waals surface area contributed by atoms with Crippen LogP contribution in [-0.4, -0.2) is 59.8 Å². The second-order valence-electron chi connectivity index (χ2n) is 12.0. The summed E-state index contributed by atoms with van der Waals surface area (Å²) in [6.45, 7) is 7.73. The molecule has 0 fully saturated rings. The van der Waals surface area contributed by atoms with Crippen LogP contribution in [0.4, 0.5) is 4.79 Å². The Morgan fingerprint density at radius 1 is 0.905 bits per heavy atom. The molecule has 3 aromatic rings. The van der Waals surface area contributed by atoms with Gasteiger partial charge in [0.25, 0.3) is 0 Å². The highest BCUT2D eigenvalue weighted by molar-refractivity contribution is 5.89. The number of hydrogen-bond donors (Lipinski definition) is 2. The zero-order valence-electron chi connectivity index (χ0n) is 24.9. The first-order chi connectivity index (χ1) is 20.0. The lowest BCUT2D eigenvalue weighted by Gasteiger charge is -2.34. The van der Waals surface area contributed by atoms with Gasteiger partial charge >= 0.3 is 12.1 Å². The first kappa shape index (κ1) is 30.8. The van der Waals surface area contributed by atoms with Gasteiger partial charge in [0, 0.05) is 13.0 Å². The van der Waals surface area contributed by atoms with Crippen LogP contribution in [0.1, 0.15) is 56.7 Å². The number of carboxylic acid groups (broad SMARTS) is 1. The lowest BCUT2D eigenvalue weighted by Crippen LogP contribution is -2.57. The molecule has 0 spiro atoms. The van der Waals surface area contributed by atoms with Crippen LogP contribution < -0.4 is 5.32 Å². The summed E-state index contributed by atoms with van der Waals surface area (Å²) >= 11 is 0. The molecule has 3 atom stereocenters. The van der Waals surface area contributed by atoms with E-state index in [1.807, 2.05) is 87.5 Å². The molecule has 2 amide bonds. The van der Waals surface area contributed by atoms with Crippen molar-refractivity contribution in [1.82, 2.24) is 10.2 Å². The lowest BCUT2D eigenvalue weighted by atomic mass is 9.87. The molecule has 0 aliphatic heterocycles. The minimum Gasteiger partial charge on any atom is -0.480 e. The molecule has 222 valence electrons. The summed E-state index contributed by atoms with van der Waals surface area (Å²) in [4.78, 5) is 40.3. The number of amides is 2. The molecule has 0 bridgehead atoms. The van der Waals surface area contributed by atoms with Crippen LogP contribution in [0.15, 0.2) is 78.9 Å². The van der Waals surface area contributed by atoms with Crippen molar-refractivity contribution in [2.75, 3.05) is 13.7 Å². The molecule has 1 aliphatic rings. The number of alkyl carbamates (subject to hydrolysis) is 1. The average Bonchev–Trinajstić information content (AvgIpc) is 3.29. The van der Waals surface area contributed by atoms with Gasteiger partial charge in [-0.1, -0.05) is 99.6 Å². The number of carbonyl (C=O) groups is 3. The van der Waals surface area contributed by atoms with Crippen LogP contribution >= 0.6 is 0 Å². The Kier molecular flexibility index (Phi) is 9.68. The van der Waals surface area contributed by atoms with Gasteiger partial charge in [0.2, 0.25) is 5.91 Å². The molecule has 3 aromatic carbocycles. The molecule has 0 radical (unpaired) electrons. The number of fused-ring (bicyclic) bond motifs is 3. The minimum absolute atomic E-state index is 0.0810. The van der Waals surface area contributed by atoms with Crippen molar-refractivity contribution in [3.05, 3.63) is 95.6 Å². The van der Waals surface area contributed by atoms with Crippen molar-refractivity contribution in [3.63, 3.8) is 0 Å². The molecule has 0 heterocycles. The number of hydrogen-bond acceptors (Lipinski definition) is 5. The average molecular weight is 573 g/mol. The number of ether oxygens (including phenoxy) is 2. The lowest BCUT2D eigenvalue weighted by molar-refractivity contribution is -0.152. The maximum absolute atomic E-state index is 13.8. The zero-order chi connectivity index (χ0) is 30.4. The third kappa shape index (κ3) is 7.36. The second kappa shape index (κ2) is 13.2. The fourth-order valence-corrected chi connectivity index (χ4v) is 5.39. The van der Waals surface area contributed by atoms with Crippen molar-refractivity contribution in [1.29, 1.82) is 0 Å². The maximum Gasteiger partial charge on any atom is 0.407 e. The van der Waals surface area contributed by atoms with Crippen LogP contribution in [0.25, 0.3) is 11.1 Å². The second-order valence-corrected chi connectivity index (χ2v) is 12.0. The van der Waals surface area contributed by atoms with Gasteiger partial charge < -0.3 is 24.8 Å². The van der Waals surface area contributed by atoms with Gasteiger partial charge in [-0.3, -0.25) is 4.79 Å². The van der Waals surface area contributed by atoms with E-state index in [0.717, 1.165) is 27.8 Å². The largest absolute Gasteiger partial charge is 0.480 e. The monoisotopic (exact) mass is 572 g/mol. The molecule has 0 aromatic heterocycles. The highest BCUT2D eigenvalue weighted by atomic mass is 16.5. The summed E-state index contributed by atoms with van der Waals surface area (Å²) in [5.41, 5.74) is 4.93. The molecule has 2 N–H and O–H groups in total. The van der Waals surface area contributed by atoms with Gasteiger partial charge in [-0.2, -0.15) is 0 Å². The predicted octanol–water partition coefficient (Wildman–Crippen LogP) is 5.85. The highest BCUT2D eigenvalue weighted by Gasteiger charge is 2.38. The molecule has 1 aliphatic carbocycles. The van der Waals surface area contributed by atoms with Gasteiger partial charge in [0.15, 0.2) is 0 Å². The van der Waals surface area contributed by atoms with E-state index in [2.05, 4.69) is 17.4 Å². The number of rotatable bonds is 11. The number of benzene rings is 3. The number of aliphatic carboxylic acids is 1.